The van der Waals surface area contributed by atoms with Crippen molar-refractivity contribution < 1.29 is 0 Å². The highest BCUT2D eigenvalue weighted by atomic mass is 15.1. The molecular formula is C13H26N2. The van der Waals surface area contributed by atoms with Gasteiger partial charge in [0, 0.05) is 6.04 Å². The summed E-state index contributed by atoms with van der Waals surface area (Å²) in [5.41, 5.74) is 0. The van der Waals surface area contributed by atoms with Gasteiger partial charge in [-0.1, -0.05) is 12.5 Å². The van der Waals surface area contributed by atoms with Crippen molar-refractivity contribution in [1.82, 2.24) is 10.2 Å². The van der Waals surface area contributed by atoms with Crippen molar-refractivity contribution in [2.45, 2.75) is 44.6 Å². The number of hydrogen-bond acceptors (Lipinski definition) is 2. The highest BCUT2D eigenvalue weighted by Gasteiger charge is 2.14. The second-order valence-corrected chi connectivity index (χ2v) is 4.67. The molecule has 0 bridgehead atoms. The Hall–Kier alpha value is -0.340. The summed E-state index contributed by atoms with van der Waals surface area (Å²) in [7, 11) is 2.21. The maximum Gasteiger partial charge on any atom is 0.00914 e. The average Bonchev–Trinajstić information content (AvgIpc) is 2.26. The van der Waals surface area contributed by atoms with Crippen LogP contribution in [0.25, 0.3) is 0 Å². The lowest BCUT2D eigenvalue weighted by Crippen LogP contribution is -2.41. The molecule has 1 N–H and O–H groups in total. The van der Waals surface area contributed by atoms with Gasteiger partial charge in [-0.25, -0.2) is 0 Å². The SMILES string of the molecule is C=CCCCCCNC1CCN(C)CC1. The molecule has 1 aliphatic rings. The van der Waals surface area contributed by atoms with E-state index in [1.165, 1.54) is 58.2 Å². The first kappa shape index (κ1) is 12.7. The topological polar surface area (TPSA) is 15.3 Å². The van der Waals surface area contributed by atoms with E-state index in [0.29, 0.717) is 0 Å². The number of allylic oxidation sites excluding steroid dienone is 1. The van der Waals surface area contributed by atoms with Gasteiger partial charge in [0.15, 0.2) is 0 Å². The summed E-state index contributed by atoms with van der Waals surface area (Å²) in [5, 5.41) is 3.67. The van der Waals surface area contributed by atoms with Crippen LogP contribution in [0.2, 0.25) is 0 Å². The van der Waals surface area contributed by atoms with E-state index in [1.807, 2.05) is 6.08 Å². The number of hydrogen-bond donors (Lipinski definition) is 1. The second-order valence-electron chi connectivity index (χ2n) is 4.67. The van der Waals surface area contributed by atoms with Crippen LogP contribution in [0.3, 0.4) is 0 Å². The summed E-state index contributed by atoms with van der Waals surface area (Å²) in [6, 6.07) is 0.778. The quantitative estimate of drug-likeness (QED) is 0.513. The first-order chi connectivity index (χ1) is 7.33. The van der Waals surface area contributed by atoms with Gasteiger partial charge in [-0.2, -0.15) is 0 Å². The Bertz CT molecular complexity index is 160. The van der Waals surface area contributed by atoms with Crippen LogP contribution in [0.4, 0.5) is 0 Å². The van der Waals surface area contributed by atoms with Crippen LogP contribution < -0.4 is 5.32 Å². The van der Waals surface area contributed by atoms with Crippen LogP contribution in [0, 0.1) is 0 Å². The molecule has 0 amide bonds. The van der Waals surface area contributed by atoms with Crippen LogP contribution in [0.5, 0.6) is 0 Å². The van der Waals surface area contributed by atoms with E-state index in [4.69, 9.17) is 0 Å². The number of nitrogens with one attached hydrogen (secondary N) is 1. The van der Waals surface area contributed by atoms with E-state index in [-0.39, 0.29) is 0 Å². The lowest BCUT2D eigenvalue weighted by atomic mass is 10.1. The Morgan fingerprint density at radius 2 is 2.00 bits per heavy atom. The summed E-state index contributed by atoms with van der Waals surface area (Å²) in [4.78, 5) is 2.42. The van der Waals surface area contributed by atoms with Crippen LogP contribution in [0.1, 0.15) is 38.5 Å². The predicted octanol–water partition coefficient (Wildman–Crippen LogP) is 2.42. The summed E-state index contributed by atoms with van der Waals surface area (Å²) in [5.74, 6) is 0. The molecular weight excluding hydrogens is 184 g/mol. The smallest absolute Gasteiger partial charge is 0.00914 e. The predicted molar refractivity (Wildman–Crippen MR) is 67.2 cm³/mol. The van der Waals surface area contributed by atoms with Crippen molar-refractivity contribution >= 4 is 0 Å². The normalized spacial score (nSPS) is 19.3. The first-order valence-electron chi connectivity index (χ1n) is 6.35. The molecule has 1 heterocycles. The van der Waals surface area contributed by atoms with Crippen molar-refractivity contribution in [2.24, 2.45) is 0 Å². The fourth-order valence-corrected chi connectivity index (χ4v) is 2.11. The second kappa shape index (κ2) is 7.89. The molecule has 0 aromatic rings. The molecule has 0 atom stereocenters. The van der Waals surface area contributed by atoms with Gasteiger partial charge in [-0.15, -0.1) is 6.58 Å². The van der Waals surface area contributed by atoms with E-state index in [9.17, 15) is 0 Å². The third-order valence-electron chi connectivity index (χ3n) is 3.24. The molecule has 88 valence electrons. The van der Waals surface area contributed by atoms with E-state index in [1.54, 1.807) is 0 Å². The van der Waals surface area contributed by atoms with Gasteiger partial charge in [0.25, 0.3) is 0 Å². The minimum Gasteiger partial charge on any atom is -0.314 e. The highest BCUT2D eigenvalue weighted by Crippen LogP contribution is 2.08. The van der Waals surface area contributed by atoms with Gasteiger partial charge in [0.05, 0.1) is 0 Å². The molecule has 1 rings (SSSR count). The Labute approximate surface area is 94.7 Å². The molecule has 0 spiro atoms. The van der Waals surface area contributed by atoms with E-state index in [2.05, 4.69) is 23.8 Å². The van der Waals surface area contributed by atoms with Gasteiger partial charge >= 0.3 is 0 Å². The van der Waals surface area contributed by atoms with Crippen molar-refractivity contribution in [2.75, 3.05) is 26.7 Å². The van der Waals surface area contributed by atoms with Crippen LogP contribution in [0.15, 0.2) is 12.7 Å². The van der Waals surface area contributed by atoms with Crippen molar-refractivity contribution in [3.8, 4) is 0 Å². The largest absolute Gasteiger partial charge is 0.314 e. The zero-order valence-electron chi connectivity index (χ0n) is 10.2. The van der Waals surface area contributed by atoms with Gasteiger partial charge in [-0.3, -0.25) is 0 Å². The molecule has 0 aliphatic carbocycles. The summed E-state index contributed by atoms with van der Waals surface area (Å²) in [6.07, 6.45) is 9.80. The molecule has 2 nitrogen and oxygen atoms in total. The molecule has 1 fully saturated rings. The van der Waals surface area contributed by atoms with Crippen molar-refractivity contribution in [3.05, 3.63) is 12.7 Å². The van der Waals surface area contributed by atoms with E-state index >= 15 is 0 Å². The number of piperidine rings is 1. The third-order valence-corrected chi connectivity index (χ3v) is 3.24. The zero-order chi connectivity index (χ0) is 10.9. The molecule has 0 radical (unpaired) electrons. The molecule has 2 heteroatoms. The molecule has 0 saturated carbocycles. The maximum absolute atomic E-state index is 3.74. The van der Waals surface area contributed by atoms with E-state index in [0.717, 1.165) is 6.04 Å². The minimum absolute atomic E-state index is 0.778. The first-order valence-corrected chi connectivity index (χ1v) is 6.35. The standard InChI is InChI=1S/C13H26N2/c1-3-4-5-6-7-10-14-13-8-11-15(2)12-9-13/h3,13-14H,1,4-12H2,2H3. The lowest BCUT2D eigenvalue weighted by molar-refractivity contribution is 0.234. The fraction of sp³-hybridized carbons (Fsp3) is 0.846. The molecule has 1 aliphatic heterocycles. The van der Waals surface area contributed by atoms with Crippen LogP contribution >= 0.6 is 0 Å². The Balaban J connectivity index is 1.89. The lowest BCUT2D eigenvalue weighted by Gasteiger charge is -2.29. The Kier molecular flexibility index (Phi) is 6.69. The van der Waals surface area contributed by atoms with Gasteiger partial charge in [0.1, 0.15) is 0 Å². The molecule has 15 heavy (non-hydrogen) atoms. The van der Waals surface area contributed by atoms with Crippen molar-refractivity contribution in [1.29, 1.82) is 0 Å². The average molecular weight is 210 g/mol. The highest BCUT2D eigenvalue weighted by molar-refractivity contribution is 4.75. The summed E-state index contributed by atoms with van der Waals surface area (Å²) >= 11 is 0. The summed E-state index contributed by atoms with van der Waals surface area (Å²) in [6.45, 7) is 7.45. The molecule has 0 aromatic heterocycles. The zero-order valence-corrected chi connectivity index (χ0v) is 10.2. The van der Waals surface area contributed by atoms with Gasteiger partial charge in [-0.05, 0) is 58.8 Å². The van der Waals surface area contributed by atoms with E-state index < -0.39 is 0 Å². The van der Waals surface area contributed by atoms with Crippen LogP contribution in [-0.2, 0) is 0 Å². The monoisotopic (exact) mass is 210 g/mol. The molecule has 0 unspecified atom stereocenters. The Morgan fingerprint density at radius 3 is 2.67 bits per heavy atom. The molecule has 0 aromatic carbocycles. The summed E-state index contributed by atoms with van der Waals surface area (Å²) < 4.78 is 0. The maximum atomic E-state index is 3.74. The van der Waals surface area contributed by atoms with Crippen molar-refractivity contribution in [3.63, 3.8) is 0 Å². The molecule has 1 saturated heterocycles. The van der Waals surface area contributed by atoms with Crippen LogP contribution in [-0.4, -0.2) is 37.6 Å². The Morgan fingerprint density at radius 1 is 1.27 bits per heavy atom. The number of likely N-dealkylation sites (tertiary alicyclic amines) is 1. The van der Waals surface area contributed by atoms with Gasteiger partial charge < -0.3 is 10.2 Å². The van der Waals surface area contributed by atoms with Gasteiger partial charge in [0.2, 0.25) is 0 Å². The third kappa shape index (κ3) is 5.95. The number of nitrogens with zero attached hydrogens (tertiary/aromatic N) is 1. The fourth-order valence-electron chi connectivity index (χ4n) is 2.11. The minimum atomic E-state index is 0.778. The number of unbranched alkanes of at least 4 members (excludes halogenated alkanes) is 3. The number of rotatable bonds is 7.